The molecule has 0 aliphatic carbocycles. The summed E-state index contributed by atoms with van der Waals surface area (Å²) in [4.78, 5) is 12.6. The molecule has 4 aromatic rings. The van der Waals surface area contributed by atoms with Crippen molar-refractivity contribution in [3.05, 3.63) is 106 Å². The normalized spacial score (nSPS) is 10.5. The highest BCUT2D eigenvalue weighted by atomic mass is 35.5. The zero-order valence-electron chi connectivity index (χ0n) is 18.2. The zero-order valence-corrected chi connectivity index (χ0v) is 18.9. The van der Waals surface area contributed by atoms with Crippen LogP contribution in [0.1, 0.15) is 32.9 Å². The molecule has 0 saturated heterocycles. The summed E-state index contributed by atoms with van der Waals surface area (Å²) in [6, 6.07) is 23.7. The second kappa shape index (κ2) is 9.60. The molecule has 0 bridgehead atoms. The maximum absolute atomic E-state index is 12.6. The molecule has 6 nitrogen and oxygen atoms in total. The van der Waals surface area contributed by atoms with E-state index in [0.29, 0.717) is 34.2 Å². The summed E-state index contributed by atoms with van der Waals surface area (Å²) in [7, 11) is 0. The Bertz CT molecular complexity index is 1340. The summed E-state index contributed by atoms with van der Waals surface area (Å²) < 4.78 is 7.54. The first-order valence-corrected chi connectivity index (χ1v) is 10.7. The molecule has 0 atom stereocenters. The van der Waals surface area contributed by atoms with Crippen molar-refractivity contribution in [3.8, 4) is 17.5 Å². The monoisotopic (exact) mass is 456 g/mol. The molecule has 4 rings (SSSR count). The van der Waals surface area contributed by atoms with E-state index in [4.69, 9.17) is 21.6 Å². The van der Waals surface area contributed by atoms with Crippen LogP contribution in [0.3, 0.4) is 0 Å². The van der Waals surface area contributed by atoms with Gasteiger partial charge in [-0.15, -0.1) is 0 Å². The number of hydrogen-bond donors (Lipinski definition) is 1. The molecular weight excluding hydrogens is 436 g/mol. The maximum Gasteiger partial charge on any atom is 0.255 e. The standard InChI is InChI=1S/C26H21ClN4O2/c1-17-25(27)18(2)31(30-17)23-10-8-22(9-11-23)29-26(32)21-6-12-24(13-7-21)33-16-20-5-3-4-19(14-20)15-28/h3-14H,16H2,1-2H3,(H,29,32). The van der Waals surface area contributed by atoms with Crippen molar-refractivity contribution in [2.24, 2.45) is 0 Å². The number of nitrogens with zero attached hydrogens (tertiary/aromatic N) is 3. The molecule has 1 heterocycles. The third-order valence-corrected chi connectivity index (χ3v) is 5.70. The molecule has 1 amide bonds. The molecule has 164 valence electrons. The van der Waals surface area contributed by atoms with E-state index in [0.717, 1.165) is 22.6 Å². The van der Waals surface area contributed by atoms with E-state index in [1.807, 2.05) is 50.2 Å². The number of ether oxygens (including phenoxy) is 1. The Hall–Kier alpha value is -4.08. The van der Waals surface area contributed by atoms with Gasteiger partial charge in [-0.1, -0.05) is 23.7 Å². The van der Waals surface area contributed by atoms with Gasteiger partial charge < -0.3 is 10.1 Å². The van der Waals surface area contributed by atoms with E-state index in [9.17, 15) is 4.79 Å². The lowest BCUT2D eigenvalue weighted by atomic mass is 10.1. The van der Waals surface area contributed by atoms with Crippen LogP contribution >= 0.6 is 11.6 Å². The molecule has 0 radical (unpaired) electrons. The summed E-state index contributed by atoms with van der Waals surface area (Å²) in [6.07, 6.45) is 0. The highest BCUT2D eigenvalue weighted by Gasteiger charge is 2.11. The van der Waals surface area contributed by atoms with Crippen molar-refractivity contribution in [2.75, 3.05) is 5.32 Å². The molecule has 0 aliphatic rings. The van der Waals surface area contributed by atoms with E-state index in [1.54, 1.807) is 41.1 Å². The minimum absolute atomic E-state index is 0.217. The summed E-state index contributed by atoms with van der Waals surface area (Å²) >= 11 is 6.23. The molecular formula is C26H21ClN4O2. The molecule has 0 saturated carbocycles. The van der Waals surface area contributed by atoms with Gasteiger partial charge >= 0.3 is 0 Å². The number of nitrogens with one attached hydrogen (secondary N) is 1. The van der Waals surface area contributed by atoms with E-state index >= 15 is 0 Å². The predicted molar refractivity (Wildman–Crippen MR) is 128 cm³/mol. The molecule has 0 unspecified atom stereocenters. The molecule has 0 fully saturated rings. The number of rotatable bonds is 6. The van der Waals surface area contributed by atoms with Crippen molar-refractivity contribution >= 4 is 23.2 Å². The summed E-state index contributed by atoms with van der Waals surface area (Å²) in [6.45, 7) is 4.12. The third kappa shape index (κ3) is 5.05. The highest BCUT2D eigenvalue weighted by Crippen LogP contribution is 2.23. The number of carbonyl (C=O) groups excluding carboxylic acids is 1. The number of halogens is 1. The molecule has 0 spiro atoms. The van der Waals surface area contributed by atoms with Crippen LogP contribution in [0.5, 0.6) is 5.75 Å². The molecule has 1 N–H and O–H groups in total. The number of aromatic nitrogens is 2. The Morgan fingerprint density at radius 3 is 2.45 bits per heavy atom. The van der Waals surface area contributed by atoms with E-state index < -0.39 is 0 Å². The first-order chi connectivity index (χ1) is 15.9. The average molecular weight is 457 g/mol. The fourth-order valence-electron chi connectivity index (χ4n) is 3.36. The van der Waals surface area contributed by atoms with Gasteiger partial charge in [0.1, 0.15) is 12.4 Å². The SMILES string of the molecule is Cc1nn(-c2ccc(NC(=O)c3ccc(OCc4cccc(C#N)c4)cc3)cc2)c(C)c1Cl. The van der Waals surface area contributed by atoms with Crippen LogP contribution in [0.25, 0.3) is 5.69 Å². The Kier molecular flexibility index (Phi) is 6.43. The second-order valence-corrected chi connectivity index (χ2v) is 7.90. The van der Waals surface area contributed by atoms with Gasteiger partial charge in [-0.05, 0) is 80.1 Å². The fraction of sp³-hybridized carbons (Fsp3) is 0.115. The second-order valence-electron chi connectivity index (χ2n) is 7.52. The quantitative estimate of drug-likeness (QED) is 0.395. The predicted octanol–water partition coefficient (Wildman–Crippen LogP) is 5.85. The minimum Gasteiger partial charge on any atom is -0.489 e. The number of nitriles is 1. The van der Waals surface area contributed by atoms with Gasteiger partial charge in [-0.25, -0.2) is 4.68 Å². The van der Waals surface area contributed by atoms with E-state index in [2.05, 4.69) is 16.5 Å². The van der Waals surface area contributed by atoms with E-state index in [-0.39, 0.29) is 5.91 Å². The number of anilines is 1. The van der Waals surface area contributed by atoms with Crippen molar-refractivity contribution in [1.82, 2.24) is 9.78 Å². The first-order valence-electron chi connectivity index (χ1n) is 10.3. The maximum atomic E-state index is 12.6. The van der Waals surface area contributed by atoms with Gasteiger partial charge in [0.15, 0.2) is 0 Å². The smallest absolute Gasteiger partial charge is 0.255 e. The van der Waals surface area contributed by atoms with Crippen molar-refractivity contribution in [1.29, 1.82) is 5.26 Å². The summed E-state index contributed by atoms with van der Waals surface area (Å²) in [5, 5.41) is 17.0. The molecule has 1 aromatic heterocycles. The van der Waals surface area contributed by atoms with Gasteiger partial charge in [0.25, 0.3) is 5.91 Å². The number of aryl methyl sites for hydroxylation is 1. The third-order valence-electron chi connectivity index (χ3n) is 5.15. The van der Waals surface area contributed by atoms with Gasteiger partial charge in [0.05, 0.1) is 33.7 Å². The highest BCUT2D eigenvalue weighted by molar-refractivity contribution is 6.31. The van der Waals surface area contributed by atoms with Crippen LogP contribution in [-0.2, 0) is 6.61 Å². The van der Waals surface area contributed by atoms with Gasteiger partial charge in [-0.3, -0.25) is 4.79 Å². The Morgan fingerprint density at radius 2 is 1.82 bits per heavy atom. The summed E-state index contributed by atoms with van der Waals surface area (Å²) in [5.74, 6) is 0.423. The molecule has 7 heteroatoms. The Balaban J connectivity index is 1.37. The lowest BCUT2D eigenvalue weighted by Gasteiger charge is -2.09. The Morgan fingerprint density at radius 1 is 1.09 bits per heavy atom. The molecule has 33 heavy (non-hydrogen) atoms. The lowest BCUT2D eigenvalue weighted by molar-refractivity contribution is 0.102. The lowest BCUT2D eigenvalue weighted by Crippen LogP contribution is -2.12. The van der Waals surface area contributed by atoms with Crippen molar-refractivity contribution in [3.63, 3.8) is 0 Å². The van der Waals surface area contributed by atoms with Crippen molar-refractivity contribution < 1.29 is 9.53 Å². The van der Waals surface area contributed by atoms with Gasteiger partial charge in [-0.2, -0.15) is 10.4 Å². The summed E-state index contributed by atoms with van der Waals surface area (Å²) in [5.41, 5.74) is 5.19. The fourth-order valence-corrected chi connectivity index (χ4v) is 3.48. The molecule has 3 aromatic carbocycles. The largest absolute Gasteiger partial charge is 0.489 e. The number of carbonyl (C=O) groups is 1. The van der Waals surface area contributed by atoms with Crippen LogP contribution < -0.4 is 10.1 Å². The van der Waals surface area contributed by atoms with E-state index in [1.165, 1.54) is 0 Å². The Labute approximate surface area is 197 Å². The van der Waals surface area contributed by atoms with Gasteiger partial charge in [0.2, 0.25) is 0 Å². The van der Waals surface area contributed by atoms with Crippen LogP contribution in [0.2, 0.25) is 5.02 Å². The average Bonchev–Trinajstić information content (AvgIpc) is 3.11. The number of benzene rings is 3. The van der Waals surface area contributed by atoms with Crippen LogP contribution in [-0.4, -0.2) is 15.7 Å². The minimum atomic E-state index is -0.217. The first kappa shape index (κ1) is 22.1. The van der Waals surface area contributed by atoms with Crippen molar-refractivity contribution in [2.45, 2.75) is 20.5 Å². The zero-order chi connectivity index (χ0) is 23.4. The van der Waals surface area contributed by atoms with Crippen LogP contribution in [0.15, 0.2) is 72.8 Å². The van der Waals surface area contributed by atoms with Crippen LogP contribution in [0, 0.1) is 25.2 Å². The van der Waals surface area contributed by atoms with Gasteiger partial charge in [0, 0.05) is 11.3 Å². The number of amides is 1. The number of hydrogen-bond acceptors (Lipinski definition) is 4. The topological polar surface area (TPSA) is 79.9 Å². The molecule has 0 aliphatic heterocycles. The van der Waals surface area contributed by atoms with Crippen LogP contribution in [0.4, 0.5) is 5.69 Å².